The van der Waals surface area contributed by atoms with E-state index in [4.69, 9.17) is 4.42 Å². The van der Waals surface area contributed by atoms with Gasteiger partial charge in [-0.3, -0.25) is 4.79 Å². The molecule has 0 aliphatic rings. The highest BCUT2D eigenvalue weighted by molar-refractivity contribution is 5.91. The highest BCUT2D eigenvalue weighted by Gasteiger charge is 2.16. The van der Waals surface area contributed by atoms with Gasteiger partial charge in [-0.15, -0.1) is 10.2 Å². The van der Waals surface area contributed by atoms with E-state index in [1.54, 1.807) is 6.07 Å². The molecule has 0 aliphatic heterocycles. The van der Waals surface area contributed by atoms with Crippen LogP contribution in [0.5, 0.6) is 0 Å². The summed E-state index contributed by atoms with van der Waals surface area (Å²) in [6.45, 7) is 8.39. The Morgan fingerprint density at radius 1 is 1.43 bits per heavy atom. The molecular weight excluding hydrogens is 268 g/mol. The van der Waals surface area contributed by atoms with Crippen molar-refractivity contribution in [2.24, 2.45) is 7.05 Å². The van der Waals surface area contributed by atoms with Crippen LogP contribution in [-0.4, -0.2) is 20.7 Å². The van der Waals surface area contributed by atoms with Gasteiger partial charge in [0.15, 0.2) is 11.6 Å². The van der Waals surface area contributed by atoms with E-state index in [0.29, 0.717) is 18.2 Å². The summed E-state index contributed by atoms with van der Waals surface area (Å²) in [5, 5.41) is 11.1. The Balaban J connectivity index is 2.04. The molecular formula is C15H22N4O2. The van der Waals surface area contributed by atoms with Crippen molar-refractivity contribution in [1.29, 1.82) is 0 Å². The first-order valence-corrected chi connectivity index (χ1v) is 7.19. The monoisotopic (exact) mass is 290 g/mol. The first-order chi connectivity index (χ1) is 9.93. The lowest BCUT2D eigenvalue weighted by molar-refractivity contribution is 0.0920. The van der Waals surface area contributed by atoms with Crippen molar-refractivity contribution >= 4 is 5.91 Å². The minimum Gasteiger partial charge on any atom is -0.456 e. The molecule has 1 amide bonds. The molecule has 0 spiro atoms. The minimum absolute atomic E-state index is 0.230. The van der Waals surface area contributed by atoms with Gasteiger partial charge < -0.3 is 14.3 Å². The fraction of sp³-hybridized carbons (Fsp3) is 0.533. The number of hydrogen-bond donors (Lipinski definition) is 1. The molecule has 0 unspecified atom stereocenters. The Bertz CT molecular complexity index is 640. The maximum atomic E-state index is 12.1. The third-order valence-electron chi connectivity index (χ3n) is 3.49. The summed E-state index contributed by atoms with van der Waals surface area (Å²) in [5.41, 5.74) is 1.00. The number of amides is 1. The summed E-state index contributed by atoms with van der Waals surface area (Å²) in [7, 11) is 1.91. The number of aryl methyl sites for hydroxylation is 2. The molecule has 0 saturated heterocycles. The number of nitrogens with zero attached hydrogens (tertiary/aromatic N) is 3. The average Bonchev–Trinajstić information content (AvgIpc) is 2.99. The summed E-state index contributed by atoms with van der Waals surface area (Å²) in [5.74, 6) is 2.89. The molecule has 6 nitrogen and oxygen atoms in total. The molecule has 1 N–H and O–H groups in total. The maximum Gasteiger partial charge on any atom is 0.287 e. The van der Waals surface area contributed by atoms with Crippen molar-refractivity contribution in [2.75, 3.05) is 0 Å². The molecule has 0 aromatic carbocycles. The normalized spacial score (nSPS) is 11.1. The molecule has 2 rings (SSSR count). The molecule has 6 heteroatoms. The molecule has 114 valence electrons. The lowest BCUT2D eigenvalue weighted by atomic mass is 10.2. The van der Waals surface area contributed by atoms with Crippen molar-refractivity contribution < 1.29 is 9.21 Å². The number of aromatic nitrogens is 3. The van der Waals surface area contributed by atoms with E-state index in [1.807, 2.05) is 25.5 Å². The summed E-state index contributed by atoms with van der Waals surface area (Å²) in [6, 6.07) is 1.77. The molecule has 0 fully saturated rings. The molecule has 0 atom stereocenters. The summed E-state index contributed by atoms with van der Waals surface area (Å²) in [6.07, 6.45) is 0.778. The van der Waals surface area contributed by atoms with Crippen molar-refractivity contribution in [3.63, 3.8) is 0 Å². The first-order valence-electron chi connectivity index (χ1n) is 7.19. The van der Waals surface area contributed by atoms with Gasteiger partial charge >= 0.3 is 0 Å². The standard InChI is InChI=1S/C15H22N4O2/c1-6-11-10(4)7-12(21-11)15(20)16-8-13-17-18-14(9(2)3)19(13)5/h7,9H,6,8H2,1-5H3,(H,16,20). The Hall–Kier alpha value is -2.11. The topological polar surface area (TPSA) is 73.0 Å². The number of carbonyl (C=O) groups is 1. The first kappa shape index (κ1) is 15.3. The molecule has 0 aliphatic carbocycles. The van der Waals surface area contributed by atoms with Gasteiger partial charge in [0.25, 0.3) is 5.91 Å². The van der Waals surface area contributed by atoms with E-state index in [2.05, 4.69) is 29.4 Å². The summed E-state index contributed by atoms with van der Waals surface area (Å²) in [4.78, 5) is 12.1. The van der Waals surface area contributed by atoms with Gasteiger partial charge in [-0.05, 0) is 18.6 Å². The van der Waals surface area contributed by atoms with Crippen LogP contribution in [0.4, 0.5) is 0 Å². The quantitative estimate of drug-likeness (QED) is 0.917. The van der Waals surface area contributed by atoms with Crippen LogP contribution in [0.1, 0.15) is 60.2 Å². The fourth-order valence-corrected chi connectivity index (χ4v) is 2.26. The van der Waals surface area contributed by atoms with Gasteiger partial charge in [-0.25, -0.2) is 0 Å². The van der Waals surface area contributed by atoms with Gasteiger partial charge in [0.1, 0.15) is 11.6 Å². The fourth-order valence-electron chi connectivity index (χ4n) is 2.26. The summed E-state index contributed by atoms with van der Waals surface area (Å²) < 4.78 is 7.45. The average molecular weight is 290 g/mol. The van der Waals surface area contributed by atoms with Crippen molar-refractivity contribution in [3.05, 3.63) is 34.8 Å². The number of carbonyl (C=O) groups excluding carboxylic acids is 1. The smallest absolute Gasteiger partial charge is 0.287 e. The van der Waals surface area contributed by atoms with Crippen LogP contribution < -0.4 is 5.32 Å². The van der Waals surface area contributed by atoms with Crippen molar-refractivity contribution in [1.82, 2.24) is 20.1 Å². The Morgan fingerprint density at radius 3 is 2.67 bits per heavy atom. The molecule has 0 bridgehead atoms. The van der Waals surface area contributed by atoms with E-state index >= 15 is 0 Å². The number of rotatable bonds is 5. The van der Waals surface area contributed by atoms with Crippen LogP contribution in [0.2, 0.25) is 0 Å². The zero-order valence-electron chi connectivity index (χ0n) is 13.2. The molecule has 0 saturated carbocycles. The second-order valence-electron chi connectivity index (χ2n) is 5.44. The second-order valence-corrected chi connectivity index (χ2v) is 5.44. The molecule has 21 heavy (non-hydrogen) atoms. The Morgan fingerprint density at radius 2 is 2.14 bits per heavy atom. The van der Waals surface area contributed by atoms with Crippen LogP contribution in [0.15, 0.2) is 10.5 Å². The van der Waals surface area contributed by atoms with Gasteiger partial charge in [-0.2, -0.15) is 0 Å². The lowest BCUT2D eigenvalue weighted by Crippen LogP contribution is -2.24. The predicted octanol–water partition coefficient (Wildman–Crippen LogP) is 2.33. The van der Waals surface area contributed by atoms with E-state index < -0.39 is 0 Å². The zero-order chi connectivity index (χ0) is 15.6. The van der Waals surface area contributed by atoms with Crippen LogP contribution in [0, 0.1) is 6.92 Å². The van der Waals surface area contributed by atoms with Crippen molar-refractivity contribution in [2.45, 2.75) is 46.6 Å². The summed E-state index contributed by atoms with van der Waals surface area (Å²) >= 11 is 0. The SMILES string of the molecule is CCc1oc(C(=O)NCc2nnc(C(C)C)n2C)cc1C. The van der Waals surface area contributed by atoms with E-state index in [1.165, 1.54) is 0 Å². The van der Waals surface area contributed by atoms with Crippen LogP contribution in [0.25, 0.3) is 0 Å². The third-order valence-corrected chi connectivity index (χ3v) is 3.49. The minimum atomic E-state index is -0.230. The highest BCUT2D eigenvalue weighted by atomic mass is 16.4. The molecule has 2 heterocycles. The molecule has 2 aromatic heterocycles. The second kappa shape index (κ2) is 6.11. The van der Waals surface area contributed by atoms with E-state index in [-0.39, 0.29) is 5.91 Å². The third kappa shape index (κ3) is 3.15. The lowest BCUT2D eigenvalue weighted by Gasteiger charge is -2.06. The van der Waals surface area contributed by atoms with Gasteiger partial charge in [0.2, 0.25) is 0 Å². The van der Waals surface area contributed by atoms with Gasteiger partial charge in [0, 0.05) is 19.4 Å². The Labute approximate surface area is 124 Å². The predicted molar refractivity (Wildman–Crippen MR) is 79.1 cm³/mol. The van der Waals surface area contributed by atoms with Crippen LogP contribution >= 0.6 is 0 Å². The largest absolute Gasteiger partial charge is 0.456 e. The molecule has 0 radical (unpaired) electrons. The van der Waals surface area contributed by atoms with Crippen molar-refractivity contribution in [3.8, 4) is 0 Å². The number of nitrogens with one attached hydrogen (secondary N) is 1. The van der Waals surface area contributed by atoms with Crippen LogP contribution in [0.3, 0.4) is 0 Å². The Kier molecular flexibility index (Phi) is 4.45. The van der Waals surface area contributed by atoms with E-state index in [9.17, 15) is 4.79 Å². The maximum absolute atomic E-state index is 12.1. The number of hydrogen-bond acceptors (Lipinski definition) is 4. The van der Waals surface area contributed by atoms with Gasteiger partial charge in [-0.1, -0.05) is 20.8 Å². The highest BCUT2D eigenvalue weighted by Crippen LogP contribution is 2.15. The van der Waals surface area contributed by atoms with E-state index in [0.717, 1.165) is 29.4 Å². The number of furan rings is 1. The van der Waals surface area contributed by atoms with Crippen LogP contribution in [-0.2, 0) is 20.0 Å². The van der Waals surface area contributed by atoms with Gasteiger partial charge in [0.05, 0.1) is 6.54 Å². The zero-order valence-corrected chi connectivity index (χ0v) is 13.2. The molecule has 2 aromatic rings.